The van der Waals surface area contributed by atoms with Gasteiger partial charge in [-0.05, 0) is 50.8 Å². The molecule has 1 N–H and O–H groups in total. The highest BCUT2D eigenvalue weighted by atomic mass is 16.1. The summed E-state index contributed by atoms with van der Waals surface area (Å²) in [5, 5.41) is 2.99. The molecule has 132 valence electrons. The molecule has 1 unspecified atom stereocenters. The highest BCUT2D eigenvalue weighted by Crippen LogP contribution is 2.21. The minimum atomic E-state index is -0.0300. The van der Waals surface area contributed by atoms with Crippen molar-refractivity contribution in [2.75, 3.05) is 18.0 Å². The van der Waals surface area contributed by atoms with E-state index in [2.05, 4.69) is 22.1 Å². The van der Waals surface area contributed by atoms with Crippen molar-refractivity contribution in [1.82, 2.24) is 15.3 Å². The first kappa shape index (κ1) is 17.4. The van der Waals surface area contributed by atoms with Crippen LogP contribution in [0.15, 0.2) is 36.5 Å². The lowest BCUT2D eigenvalue weighted by molar-refractivity contribution is 0.0939. The SMILES string of the molecule is CCC(C)NC(=O)c1ccc(-c2ccnc(N3CCCCC3)n2)cc1. The monoisotopic (exact) mass is 338 g/mol. The predicted octanol–water partition coefficient (Wildman–Crippen LogP) is 3.66. The average Bonchev–Trinajstić information content (AvgIpc) is 2.68. The fourth-order valence-electron chi connectivity index (χ4n) is 2.96. The smallest absolute Gasteiger partial charge is 0.251 e. The number of nitrogens with zero attached hydrogens (tertiary/aromatic N) is 3. The average molecular weight is 338 g/mol. The summed E-state index contributed by atoms with van der Waals surface area (Å²) in [6.07, 6.45) is 6.43. The van der Waals surface area contributed by atoms with Crippen LogP contribution in [-0.4, -0.2) is 35.0 Å². The Hall–Kier alpha value is -2.43. The van der Waals surface area contributed by atoms with Crippen LogP contribution in [0, 0.1) is 0 Å². The normalized spacial score (nSPS) is 15.7. The molecule has 1 fully saturated rings. The molecule has 0 radical (unpaired) electrons. The first-order chi connectivity index (χ1) is 12.2. The molecule has 1 atom stereocenters. The fraction of sp³-hybridized carbons (Fsp3) is 0.450. The van der Waals surface area contributed by atoms with E-state index < -0.39 is 0 Å². The molecule has 1 amide bonds. The number of hydrogen-bond donors (Lipinski definition) is 1. The van der Waals surface area contributed by atoms with Crippen LogP contribution < -0.4 is 10.2 Å². The number of carbonyl (C=O) groups is 1. The van der Waals surface area contributed by atoms with Gasteiger partial charge in [-0.25, -0.2) is 9.97 Å². The third-order valence-corrected chi connectivity index (χ3v) is 4.71. The van der Waals surface area contributed by atoms with Gasteiger partial charge in [-0.2, -0.15) is 0 Å². The summed E-state index contributed by atoms with van der Waals surface area (Å²) in [5.74, 6) is 0.772. The summed E-state index contributed by atoms with van der Waals surface area (Å²) in [6, 6.07) is 9.72. The van der Waals surface area contributed by atoms with Crippen molar-refractivity contribution in [3.05, 3.63) is 42.1 Å². The number of aromatic nitrogens is 2. The highest BCUT2D eigenvalue weighted by molar-refractivity contribution is 5.94. The first-order valence-corrected chi connectivity index (χ1v) is 9.16. The number of anilines is 1. The fourth-order valence-corrected chi connectivity index (χ4v) is 2.96. The quantitative estimate of drug-likeness (QED) is 0.904. The molecule has 25 heavy (non-hydrogen) atoms. The van der Waals surface area contributed by atoms with Gasteiger partial charge in [-0.3, -0.25) is 4.79 Å². The molecule has 1 saturated heterocycles. The molecule has 1 aromatic heterocycles. The molecular weight excluding hydrogens is 312 g/mol. The number of benzene rings is 1. The molecular formula is C20H26N4O. The molecule has 0 bridgehead atoms. The summed E-state index contributed by atoms with van der Waals surface area (Å²) >= 11 is 0. The van der Waals surface area contributed by atoms with Crippen molar-refractivity contribution in [3.8, 4) is 11.3 Å². The summed E-state index contributed by atoms with van der Waals surface area (Å²) < 4.78 is 0. The molecule has 5 heteroatoms. The number of rotatable bonds is 5. The van der Waals surface area contributed by atoms with E-state index in [0.717, 1.165) is 36.7 Å². The lowest BCUT2D eigenvalue weighted by atomic mass is 10.1. The van der Waals surface area contributed by atoms with Gasteiger partial charge in [0, 0.05) is 36.5 Å². The second kappa shape index (κ2) is 8.10. The summed E-state index contributed by atoms with van der Waals surface area (Å²) in [5.41, 5.74) is 2.57. The Morgan fingerprint density at radius 1 is 1.16 bits per heavy atom. The molecule has 1 aliphatic heterocycles. The maximum Gasteiger partial charge on any atom is 0.251 e. The zero-order valence-corrected chi connectivity index (χ0v) is 15.0. The van der Waals surface area contributed by atoms with E-state index in [1.165, 1.54) is 19.3 Å². The Kier molecular flexibility index (Phi) is 5.64. The molecule has 1 aromatic carbocycles. The summed E-state index contributed by atoms with van der Waals surface area (Å²) in [7, 11) is 0. The third-order valence-electron chi connectivity index (χ3n) is 4.71. The number of hydrogen-bond acceptors (Lipinski definition) is 4. The number of carbonyl (C=O) groups excluding carboxylic acids is 1. The Morgan fingerprint density at radius 2 is 1.88 bits per heavy atom. The van der Waals surface area contributed by atoms with Crippen molar-refractivity contribution < 1.29 is 4.79 Å². The van der Waals surface area contributed by atoms with Crippen LogP contribution in [0.4, 0.5) is 5.95 Å². The largest absolute Gasteiger partial charge is 0.350 e. The number of amides is 1. The summed E-state index contributed by atoms with van der Waals surface area (Å²) in [6.45, 7) is 6.12. The number of piperidine rings is 1. The summed E-state index contributed by atoms with van der Waals surface area (Å²) in [4.78, 5) is 23.6. The molecule has 2 heterocycles. The van der Waals surface area contributed by atoms with E-state index in [4.69, 9.17) is 4.98 Å². The van der Waals surface area contributed by atoms with E-state index in [9.17, 15) is 4.79 Å². The zero-order valence-electron chi connectivity index (χ0n) is 15.0. The van der Waals surface area contributed by atoms with Gasteiger partial charge in [0.05, 0.1) is 5.69 Å². The van der Waals surface area contributed by atoms with E-state index in [1.54, 1.807) is 0 Å². The lowest BCUT2D eigenvalue weighted by Crippen LogP contribution is -2.31. The van der Waals surface area contributed by atoms with Crippen molar-refractivity contribution in [2.24, 2.45) is 0 Å². The Labute approximate surface area is 149 Å². The standard InChI is InChI=1S/C20H26N4O/c1-3-15(2)22-19(25)17-9-7-16(8-10-17)18-11-12-21-20(23-18)24-13-5-4-6-14-24/h7-12,15H,3-6,13-14H2,1-2H3,(H,22,25). The van der Waals surface area contributed by atoms with Gasteiger partial charge in [0.1, 0.15) is 0 Å². The van der Waals surface area contributed by atoms with E-state index in [-0.39, 0.29) is 11.9 Å². The van der Waals surface area contributed by atoms with Crippen molar-refractivity contribution in [2.45, 2.75) is 45.6 Å². The predicted molar refractivity (Wildman–Crippen MR) is 101 cm³/mol. The highest BCUT2D eigenvalue weighted by Gasteiger charge is 2.14. The molecule has 1 aliphatic rings. The van der Waals surface area contributed by atoms with Crippen LogP contribution in [-0.2, 0) is 0 Å². The Morgan fingerprint density at radius 3 is 2.56 bits per heavy atom. The van der Waals surface area contributed by atoms with Crippen LogP contribution in [0.25, 0.3) is 11.3 Å². The third kappa shape index (κ3) is 4.35. The minimum Gasteiger partial charge on any atom is -0.350 e. The van der Waals surface area contributed by atoms with Gasteiger partial charge in [0.15, 0.2) is 0 Å². The molecule has 0 aliphatic carbocycles. The molecule has 0 saturated carbocycles. The molecule has 3 rings (SSSR count). The van der Waals surface area contributed by atoms with Crippen LogP contribution in [0.5, 0.6) is 0 Å². The first-order valence-electron chi connectivity index (χ1n) is 9.16. The van der Waals surface area contributed by atoms with E-state index in [1.807, 2.05) is 43.5 Å². The maximum absolute atomic E-state index is 12.2. The van der Waals surface area contributed by atoms with Gasteiger partial charge in [-0.15, -0.1) is 0 Å². The van der Waals surface area contributed by atoms with Gasteiger partial charge in [0.25, 0.3) is 5.91 Å². The maximum atomic E-state index is 12.2. The van der Waals surface area contributed by atoms with E-state index in [0.29, 0.717) is 5.56 Å². The van der Waals surface area contributed by atoms with Crippen molar-refractivity contribution in [3.63, 3.8) is 0 Å². The van der Waals surface area contributed by atoms with Crippen LogP contribution in [0.3, 0.4) is 0 Å². The van der Waals surface area contributed by atoms with Gasteiger partial charge in [0.2, 0.25) is 5.95 Å². The van der Waals surface area contributed by atoms with Gasteiger partial charge >= 0.3 is 0 Å². The van der Waals surface area contributed by atoms with Crippen LogP contribution >= 0.6 is 0 Å². The van der Waals surface area contributed by atoms with Gasteiger partial charge in [-0.1, -0.05) is 19.1 Å². The zero-order chi connectivity index (χ0) is 17.6. The second-order valence-electron chi connectivity index (χ2n) is 6.65. The Balaban J connectivity index is 1.75. The molecule has 5 nitrogen and oxygen atoms in total. The van der Waals surface area contributed by atoms with E-state index >= 15 is 0 Å². The van der Waals surface area contributed by atoms with Crippen LogP contribution in [0.1, 0.15) is 49.9 Å². The van der Waals surface area contributed by atoms with Crippen molar-refractivity contribution in [1.29, 1.82) is 0 Å². The minimum absolute atomic E-state index is 0.0300. The number of nitrogens with one attached hydrogen (secondary N) is 1. The topological polar surface area (TPSA) is 58.1 Å². The van der Waals surface area contributed by atoms with Crippen molar-refractivity contribution >= 4 is 11.9 Å². The van der Waals surface area contributed by atoms with Gasteiger partial charge < -0.3 is 10.2 Å². The molecule has 2 aromatic rings. The molecule has 0 spiro atoms. The lowest BCUT2D eigenvalue weighted by Gasteiger charge is -2.26. The second-order valence-corrected chi connectivity index (χ2v) is 6.65. The van der Waals surface area contributed by atoms with Crippen LogP contribution in [0.2, 0.25) is 0 Å². The Bertz CT molecular complexity index is 708.